The smallest absolute Gasteiger partial charge is 0.0780 e. The number of piperidine rings is 1. The van der Waals surface area contributed by atoms with Crippen LogP contribution in [-0.4, -0.2) is 35.2 Å². The van der Waals surface area contributed by atoms with E-state index in [0.29, 0.717) is 0 Å². The highest BCUT2D eigenvalue weighted by Gasteiger charge is 2.20. The molecule has 2 aliphatic rings. The molecule has 0 atom stereocenters. The van der Waals surface area contributed by atoms with Crippen LogP contribution in [0, 0.1) is 0 Å². The van der Waals surface area contributed by atoms with Gasteiger partial charge in [0.2, 0.25) is 0 Å². The largest absolute Gasteiger partial charge is 0.299 e. The third kappa shape index (κ3) is 3.86. The highest BCUT2D eigenvalue weighted by molar-refractivity contribution is 6.33. The lowest BCUT2D eigenvalue weighted by atomic mass is 10.1. The molecule has 0 aliphatic carbocycles. The van der Waals surface area contributed by atoms with Crippen LogP contribution in [0.5, 0.6) is 0 Å². The Morgan fingerprint density at radius 3 is 2.68 bits per heavy atom. The Kier molecular flexibility index (Phi) is 4.99. The van der Waals surface area contributed by atoms with E-state index in [4.69, 9.17) is 16.7 Å². The van der Waals surface area contributed by atoms with Gasteiger partial charge in [-0.2, -0.15) is 5.10 Å². The predicted octanol–water partition coefficient (Wildman–Crippen LogP) is 4.34. The van der Waals surface area contributed by atoms with Gasteiger partial charge in [0.25, 0.3) is 0 Å². The highest BCUT2D eigenvalue weighted by atomic mass is 35.5. The molecule has 3 heterocycles. The molecule has 1 aromatic carbocycles. The minimum absolute atomic E-state index is 0.783. The molecule has 0 radical (unpaired) electrons. The number of anilines is 1. The average molecular weight is 355 g/mol. The molecule has 4 rings (SSSR count). The zero-order valence-corrected chi connectivity index (χ0v) is 15.1. The lowest BCUT2D eigenvalue weighted by Crippen LogP contribution is -2.29. The van der Waals surface area contributed by atoms with E-state index in [9.17, 15) is 0 Å². The summed E-state index contributed by atoms with van der Waals surface area (Å²) in [7, 11) is 0. The zero-order chi connectivity index (χ0) is 17.1. The molecule has 0 saturated carbocycles. The van der Waals surface area contributed by atoms with Crippen molar-refractivity contribution in [3.8, 4) is 0 Å². The third-order valence-electron chi connectivity index (χ3n) is 4.94. The van der Waals surface area contributed by atoms with Crippen LogP contribution in [0.15, 0.2) is 47.8 Å². The van der Waals surface area contributed by atoms with E-state index >= 15 is 0 Å². The van der Waals surface area contributed by atoms with Crippen LogP contribution in [0.3, 0.4) is 0 Å². The van der Waals surface area contributed by atoms with E-state index < -0.39 is 0 Å². The van der Waals surface area contributed by atoms with E-state index in [1.165, 1.54) is 37.9 Å². The number of nitrogens with zero attached hydrogens (tertiary/aromatic N) is 4. The zero-order valence-electron chi connectivity index (χ0n) is 14.4. The SMILES string of the molecule is Clc1cc(CN2CCCCC2)ccc1N1CCC(c2cccnc2)=N1. The van der Waals surface area contributed by atoms with E-state index in [1.54, 1.807) is 6.20 Å². The second-order valence-electron chi connectivity index (χ2n) is 6.78. The summed E-state index contributed by atoms with van der Waals surface area (Å²) in [6.45, 7) is 4.24. The van der Waals surface area contributed by atoms with Gasteiger partial charge in [-0.1, -0.05) is 30.2 Å². The molecule has 0 unspecified atom stereocenters. The molecule has 0 spiro atoms. The standard InChI is InChI=1S/C20H23ClN4/c21-18-13-16(15-24-10-2-1-3-11-24)6-7-20(18)25-12-8-19(23-25)17-5-4-9-22-14-17/h4-7,9,13-14H,1-3,8,10-12,15H2. The fourth-order valence-corrected chi connectivity index (χ4v) is 3.90. The van der Waals surface area contributed by atoms with Gasteiger partial charge >= 0.3 is 0 Å². The van der Waals surface area contributed by atoms with Crippen LogP contribution >= 0.6 is 11.6 Å². The predicted molar refractivity (Wildman–Crippen MR) is 103 cm³/mol. The van der Waals surface area contributed by atoms with Crippen molar-refractivity contribution in [1.82, 2.24) is 9.88 Å². The molecule has 1 aromatic heterocycles. The van der Waals surface area contributed by atoms with Gasteiger partial charge < -0.3 is 0 Å². The van der Waals surface area contributed by atoms with Crippen molar-refractivity contribution in [2.75, 3.05) is 24.6 Å². The molecule has 4 nitrogen and oxygen atoms in total. The summed E-state index contributed by atoms with van der Waals surface area (Å²) in [5.74, 6) is 0. The normalized spacial score (nSPS) is 18.4. The fourth-order valence-electron chi connectivity index (χ4n) is 3.60. The van der Waals surface area contributed by atoms with Crippen LogP contribution < -0.4 is 5.01 Å². The molecule has 1 saturated heterocycles. The first-order chi connectivity index (χ1) is 12.3. The Labute approximate surface area is 154 Å². The van der Waals surface area contributed by atoms with Gasteiger partial charge in [0.15, 0.2) is 0 Å². The molecule has 130 valence electrons. The molecular formula is C20H23ClN4. The van der Waals surface area contributed by atoms with E-state index in [-0.39, 0.29) is 0 Å². The molecule has 0 bridgehead atoms. The average Bonchev–Trinajstić information content (AvgIpc) is 3.13. The van der Waals surface area contributed by atoms with Crippen LogP contribution in [0.2, 0.25) is 5.02 Å². The van der Waals surface area contributed by atoms with E-state index in [2.05, 4.69) is 34.1 Å². The number of rotatable bonds is 4. The number of aromatic nitrogens is 1. The number of likely N-dealkylation sites (tertiary alicyclic amines) is 1. The Morgan fingerprint density at radius 1 is 1.04 bits per heavy atom. The lowest BCUT2D eigenvalue weighted by Gasteiger charge is -2.26. The molecule has 0 N–H and O–H groups in total. The summed E-state index contributed by atoms with van der Waals surface area (Å²) >= 11 is 6.58. The Bertz CT molecular complexity index is 754. The number of benzene rings is 1. The Balaban J connectivity index is 1.48. The summed E-state index contributed by atoms with van der Waals surface area (Å²) in [6, 6.07) is 10.4. The maximum Gasteiger partial charge on any atom is 0.0780 e. The van der Waals surface area contributed by atoms with Gasteiger partial charge in [-0.3, -0.25) is 14.9 Å². The van der Waals surface area contributed by atoms with Gasteiger partial charge in [-0.15, -0.1) is 0 Å². The molecule has 1 fully saturated rings. The Morgan fingerprint density at radius 2 is 1.92 bits per heavy atom. The van der Waals surface area contributed by atoms with Crippen LogP contribution in [0.4, 0.5) is 5.69 Å². The molecule has 2 aromatic rings. The summed E-state index contributed by atoms with van der Waals surface area (Å²) in [4.78, 5) is 6.70. The summed E-state index contributed by atoms with van der Waals surface area (Å²) < 4.78 is 0. The van der Waals surface area contributed by atoms with Crippen molar-refractivity contribution in [2.24, 2.45) is 5.10 Å². The van der Waals surface area contributed by atoms with Gasteiger partial charge in [-0.05, 0) is 49.7 Å². The van der Waals surface area contributed by atoms with Crippen molar-refractivity contribution < 1.29 is 0 Å². The monoisotopic (exact) mass is 354 g/mol. The van der Waals surface area contributed by atoms with Crippen LogP contribution in [0.25, 0.3) is 0 Å². The number of pyridine rings is 1. The minimum Gasteiger partial charge on any atom is -0.299 e. The molecule has 0 amide bonds. The minimum atomic E-state index is 0.783. The lowest BCUT2D eigenvalue weighted by molar-refractivity contribution is 0.221. The second kappa shape index (κ2) is 7.54. The van der Waals surface area contributed by atoms with Gasteiger partial charge in [0.05, 0.1) is 16.4 Å². The molecule has 5 heteroatoms. The summed E-state index contributed by atoms with van der Waals surface area (Å²) in [6.07, 6.45) is 8.55. The maximum atomic E-state index is 6.58. The van der Waals surface area contributed by atoms with Crippen molar-refractivity contribution in [2.45, 2.75) is 32.2 Å². The first kappa shape index (κ1) is 16.6. The molecule has 25 heavy (non-hydrogen) atoms. The quantitative estimate of drug-likeness (QED) is 0.818. The van der Waals surface area contributed by atoms with Gasteiger partial charge in [0.1, 0.15) is 0 Å². The fraction of sp³-hybridized carbons (Fsp3) is 0.400. The van der Waals surface area contributed by atoms with E-state index in [1.807, 2.05) is 17.3 Å². The first-order valence-electron chi connectivity index (χ1n) is 9.06. The molecular weight excluding hydrogens is 332 g/mol. The van der Waals surface area contributed by atoms with E-state index in [0.717, 1.165) is 41.5 Å². The first-order valence-corrected chi connectivity index (χ1v) is 9.43. The number of halogens is 1. The number of hydrogen-bond donors (Lipinski definition) is 0. The molecule has 2 aliphatic heterocycles. The third-order valence-corrected chi connectivity index (χ3v) is 5.24. The second-order valence-corrected chi connectivity index (χ2v) is 7.19. The van der Waals surface area contributed by atoms with Crippen LogP contribution in [0.1, 0.15) is 36.8 Å². The Hall–Kier alpha value is -1.91. The topological polar surface area (TPSA) is 31.7 Å². The highest BCUT2D eigenvalue weighted by Crippen LogP contribution is 2.30. The van der Waals surface area contributed by atoms with Crippen LogP contribution in [-0.2, 0) is 6.54 Å². The number of hydrazone groups is 1. The number of hydrogen-bond acceptors (Lipinski definition) is 4. The van der Waals surface area contributed by atoms with Gasteiger partial charge in [0, 0.05) is 37.5 Å². The summed E-state index contributed by atoms with van der Waals surface area (Å²) in [5, 5.41) is 7.54. The summed E-state index contributed by atoms with van der Waals surface area (Å²) in [5.41, 5.74) is 4.43. The van der Waals surface area contributed by atoms with Crippen molar-refractivity contribution >= 4 is 23.0 Å². The maximum absolute atomic E-state index is 6.58. The van der Waals surface area contributed by atoms with Gasteiger partial charge in [-0.25, -0.2) is 0 Å². The van der Waals surface area contributed by atoms with Crippen molar-refractivity contribution in [3.63, 3.8) is 0 Å². The van der Waals surface area contributed by atoms with Crippen molar-refractivity contribution in [3.05, 3.63) is 58.9 Å². The van der Waals surface area contributed by atoms with Crippen molar-refractivity contribution in [1.29, 1.82) is 0 Å².